The number of ether oxygens (including phenoxy) is 2. The van der Waals surface area contributed by atoms with Gasteiger partial charge in [-0.3, -0.25) is 4.68 Å². The SMILES string of the molecule is O=C(O)c1ccc(-c2ccn(CC3COc4ccccc4O3)n2)s1. The number of carbonyl (C=O) groups is 1. The number of rotatable bonds is 4. The summed E-state index contributed by atoms with van der Waals surface area (Å²) >= 11 is 1.21. The summed E-state index contributed by atoms with van der Waals surface area (Å²) in [6, 6.07) is 12.8. The molecule has 0 saturated heterocycles. The maximum atomic E-state index is 11.0. The molecule has 6 nitrogen and oxygen atoms in total. The van der Waals surface area contributed by atoms with E-state index in [1.807, 2.05) is 36.5 Å². The summed E-state index contributed by atoms with van der Waals surface area (Å²) in [6.07, 6.45) is 1.74. The molecule has 1 atom stereocenters. The first-order valence-electron chi connectivity index (χ1n) is 7.44. The number of benzene rings is 1. The molecule has 4 rings (SSSR count). The molecule has 24 heavy (non-hydrogen) atoms. The van der Waals surface area contributed by atoms with Gasteiger partial charge in [0.1, 0.15) is 17.2 Å². The van der Waals surface area contributed by atoms with Gasteiger partial charge in [-0.1, -0.05) is 12.1 Å². The van der Waals surface area contributed by atoms with Gasteiger partial charge < -0.3 is 14.6 Å². The number of para-hydroxylation sites is 2. The van der Waals surface area contributed by atoms with Crippen LogP contribution in [0.3, 0.4) is 0 Å². The second-order valence-corrected chi connectivity index (χ2v) is 6.47. The maximum absolute atomic E-state index is 11.0. The maximum Gasteiger partial charge on any atom is 0.345 e. The average Bonchev–Trinajstić information content (AvgIpc) is 3.24. The van der Waals surface area contributed by atoms with Crippen molar-refractivity contribution in [1.29, 1.82) is 0 Å². The molecule has 1 unspecified atom stereocenters. The first kappa shape index (κ1) is 14.8. The molecular weight excluding hydrogens is 328 g/mol. The highest BCUT2D eigenvalue weighted by Crippen LogP contribution is 2.31. The van der Waals surface area contributed by atoms with E-state index < -0.39 is 5.97 Å². The van der Waals surface area contributed by atoms with Crippen LogP contribution in [0.15, 0.2) is 48.7 Å². The third kappa shape index (κ3) is 2.85. The largest absolute Gasteiger partial charge is 0.486 e. The van der Waals surface area contributed by atoms with E-state index in [1.165, 1.54) is 11.3 Å². The zero-order chi connectivity index (χ0) is 16.5. The fraction of sp³-hybridized carbons (Fsp3) is 0.176. The van der Waals surface area contributed by atoms with Crippen molar-refractivity contribution in [2.24, 2.45) is 0 Å². The molecule has 1 aliphatic heterocycles. The topological polar surface area (TPSA) is 73.6 Å². The van der Waals surface area contributed by atoms with Crippen molar-refractivity contribution in [3.8, 4) is 22.1 Å². The molecule has 0 saturated carbocycles. The van der Waals surface area contributed by atoms with Crippen LogP contribution in [-0.4, -0.2) is 33.6 Å². The summed E-state index contributed by atoms with van der Waals surface area (Å²) < 4.78 is 13.4. The molecule has 7 heteroatoms. The van der Waals surface area contributed by atoms with Crippen LogP contribution in [-0.2, 0) is 6.54 Å². The highest BCUT2D eigenvalue weighted by molar-refractivity contribution is 7.17. The van der Waals surface area contributed by atoms with E-state index in [2.05, 4.69) is 5.10 Å². The predicted octanol–water partition coefficient (Wildman–Crippen LogP) is 3.15. The van der Waals surface area contributed by atoms with Crippen molar-refractivity contribution in [3.63, 3.8) is 0 Å². The molecule has 0 amide bonds. The second kappa shape index (κ2) is 6.01. The second-order valence-electron chi connectivity index (χ2n) is 5.39. The van der Waals surface area contributed by atoms with Crippen molar-refractivity contribution >= 4 is 17.3 Å². The van der Waals surface area contributed by atoms with Gasteiger partial charge in [-0.25, -0.2) is 4.79 Å². The third-order valence-electron chi connectivity index (χ3n) is 3.67. The molecule has 2 aromatic heterocycles. The van der Waals surface area contributed by atoms with Crippen molar-refractivity contribution in [2.45, 2.75) is 12.6 Å². The van der Waals surface area contributed by atoms with Crippen LogP contribution in [0.1, 0.15) is 9.67 Å². The quantitative estimate of drug-likeness (QED) is 0.788. The fourth-order valence-electron chi connectivity index (χ4n) is 2.55. The molecule has 3 heterocycles. The summed E-state index contributed by atoms with van der Waals surface area (Å²) in [5.41, 5.74) is 0.754. The molecule has 1 N–H and O–H groups in total. The minimum Gasteiger partial charge on any atom is -0.486 e. The number of nitrogens with zero attached hydrogens (tertiary/aromatic N) is 2. The van der Waals surface area contributed by atoms with Crippen molar-refractivity contribution in [2.75, 3.05) is 6.61 Å². The lowest BCUT2D eigenvalue weighted by Crippen LogP contribution is -2.33. The molecule has 0 aliphatic carbocycles. The Morgan fingerprint density at radius 1 is 1.25 bits per heavy atom. The van der Waals surface area contributed by atoms with Crippen LogP contribution >= 0.6 is 11.3 Å². The van der Waals surface area contributed by atoms with E-state index >= 15 is 0 Å². The van der Waals surface area contributed by atoms with E-state index in [9.17, 15) is 4.79 Å². The zero-order valence-electron chi connectivity index (χ0n) is 12.6. The Labute approximate surface area is 141 Å². The smallest absolute Gasteiger partial charge is 0.345 e. The molecule has 122 valence electrons. The van der Waals surface area contributed by atoms with Crippen LogP contribution in [0.4, 0.5) is 0 Å². The van der Waals surface area contributed by atoms with Crippen LogP contribution < -0.4 is 9.47 Å². The first-order valence-corrected chi connectivity index (χ1v) is 8.26. The Kier molecular flexibility index (Phi) is 3.70. The number of hydrogen-bond donors (Lipinski definition) is 1. The van der Waals surface area contributed by atoms with Gasteiger partial charge in [0.15, 0.2) is 17.6 Å². The summed E-state index contributed by atoms with van der Waals surface area (Å²) in [5.74, 6) is 0.581. The fourth-order valence-corrected chi connectivity index (χ4v) is 3.36. The van der Waals surface area contributed by atoms with Gasteiger partial charge in [0.2, 0.25) is 0 Å². The molecule has 0 bridgehead atoms. The summed E-state index contributed by atoms with van der Waals surface area (Å²) in [7, 11) is 0. The number of thiophene rings is 1. The number of fused-ring (bicyclic) bond motifs is 1. The Hall–Kier alpha value is -2.80. The highest BCUT2D eigenvalue weighted by Gasteiger charge is 2.21. The van der Waals surface area contributed by atoms with Crippen LogP contribution in [0.25, 0.3) is 10.6 Å². The lowest BCUT2D eigenvalue weighted by Gasteiger charge is -2.26. The first-order chi connectivity index (χ1) is 11.7. The molecule has 0 fully saturated rings. The third-order valence-corrected chi connectivity index (χ3v) is 4.76. The van der Waals surface area contributed by atoms with Gasteiger partial charge in [-0.05, 0) is 30.3 Å². The van der Waals surface area contributed by atoms with Gasteiger partial charge in [0.25, 0.3) is 0 Å². The molecule has 1 aliphatic rings. The van der Waals surface area contributed by atoms with Gasteiger partial charge in [0.05, 0.1) is 11.4 Å². The van der Waals surface area contributed by atoms with Crippen LogP contribution in [0.2, 0.25) is 0 Å². The Morgan fingerprint density at radius 2 is 2.08 bits per heavy atom. The van der Waals surface area contributed by atoms with Crippen molar-refractivity contribution in [3.05, 3.63) is 53.5 Å². The standard InChI is InChI=1S/C17H14N2O4S/c20-17(21)16-6-5-15(24-16)12-7-8-19(18-12)9-11-10-22-13-3-1-2-4-14(13)23-11/h1-8,11H,9-10H2,(H,20,21). The average molecular weight is 342 g/mol. The minimum absolute atomic E-state index is 0.120. The Morgan fingerprint density at radius 3 is 2.88 bits per heavy atom. The summed E-state index contributed by atoms with van der Waals surface area (Å²) in [6.45, 7) is 1.03. The van der Waals surface area contributed by atoms with E-state index in [4.69, 9.17) is 14.6 Å². The van der Waals surface area contributed by atoms with Gasteiger partial charge >= 0.3 is 5.97 Å². The van der Waals surface area contributed by atoms with Gasteiger partial charge in [-0.2, -0.15) is 5.10 Å². The molecular formula is C17H14N2O4S. The van der Waals surface area contributed by atoms with E-state index in [0.29, 0.717) is 18.0 Å². The summed E-state index contributed by atoms with van der Waals surface area (Å²) in [4.78, 5) is 12.1. The normalized spacial score (nSPS) is 16.1. The predicted molar refractivity (Wildman–Crippen MR) is 88.9 cm³/mol. The van der Waals surface area contributed by atoms with E-state index in [-0.39, 0.29) is 6.10 Å². The van der Waals surface area contributed by atoms with E-state index in [0.717, 1.165) is 22.1 Å². The lowest BCUT2D eigenvalue weighted by atomic mass is 10.2. The number of carboxylic acids is 1. The monoisotopic (exact) mass is 342 g/mol. The van der Waals surface area contributed by atoms with Crippen molar-refractivity contribution in [1.82, 2.24) is 9.78 Å². The molecule has 3 aromatic rings. The number of aromatic nitrogens is 2. The van der Waals surface area contributed by atoms with Gasteiger partial charge in [-0.15, -0.1) is 11.3 Å². The number of hydrogen-bond acceptors (Lipinski definition) is 5. The Bertz CT molecular complexity index is 886. The molecule has 0 spiro atoms. The Balaban J connectivity index is 1.47. The lowest BCUT2D eigenvalue weighted by molar-refractivity contribution is 0.0702. The van der Waals surface area contributed by atoms with Gasteiger partial charge in [0, 0.05) is 6.20 Å². The zero-order valence-corrected chi connectivity index (χ0v) is 13.4. The highest BCUT2D eigenvalue weighted by atomic mass is 32.1. The van der Waals surface area contributed by atoms with Crippen LogP contribution in [0.5, 0.6) is 11.5 Å². The van der Waals surface area contributed by atoms with Crippen molar-refractivity contribution < 1.29 is 19.4 Å². The number of aromatic carboxylic acids is 1. The number of carboxylic acid groups (broad SMARTS) is 1. The summed E-state index contributed by atoms with van der Waals surface area (Å²) in [5, 5.41) is 13.5. The van der Waals surface area contributed by atoms with Crippen LogP contribution in [0, 0.1) is 0 Å². The minimum atomic E-state index is -0.919. The van der Waals surface area contributed by atoms with E-state index in [1.54, 1.807) is 16.8 Å². The molecule has 1 aromatic carbocycles. The molecule has 0 radical (unpaired) electrons.